The first-order chi connectivity index (χ1) is 8.20. The van der Waals surface area contributed by atoms with E-state index < -0.39 is 0 Å². The molecule has 0 amide bonds. The van der Waals surface area contributed by atoms with Gasteiger partial charge in [0.2, 0.25) is 0 Å². The maximum atomic E-state index is 5.72. The van der Waals surface area contributed by atoms with E-state index in [1.165, 1.54) is 16.5 Å². The maximum Gasteiger partial charge on any atom is 0.120 e. The molecule has 1 heterocycles. The average Bonchev–Trinajstić information content (AvgIpc) is 2.68. The van der Waals surface area contributed by atoms with Gasteiger partial charge >= 0.3 is 0 Å². The van der Waals surface area contributed by atoms with Crippen LogP contribution < -0.4 is 10.1 Å². The van der Waals surface area contributed by atoms with E-state index in [-0.39, 0.29) is 6.10 Å². The minimum Gasteiger partial charge on any atom is -0.491 e. The third kappa shape index (κ3) is 2.80. The van der Waals surface area contributed by atoms with Gasteiger partial charge in [0.25, 0.3) is 0 Å². The zero-order chi connectivity index (χ0) is 12.3. The topological polar surface area (TPSA) is 37.0 Å². The molecule has 0 spiro atoms. The van der Waals surface area contributed by atoms with E-state index in [9.17, 15) is 0 Å². The molecule has 0 saturated heterocycles. The summed E-state index contributed by atoms with van der Waals surface area (Å²) in [4.78, 5) is 3.29. The van der Waals surface area contributed by atoms with Gasteiger partial charge in [0.15, 0.2) is 0 Å². The molecular weight excluding hydrogens is 212 g/mol. The van der Waals surface area contributed by atoms with Gasteiger partial charge in [0.05, 0.1) is 6.10 Å². The second kappa shape index (κ2) is 5.23. The average molecular weight is 232 g/mol. The summed E-state index contributed by atoms with van der Waals surface area (Å²) < 4.78 is 5.72. The smallest absolute Gasteiger partial charge is 0.120 e. The number of aromatic amines is 1. The summed E-state index contributed by atoms with van der Waals surface area (Å²) in [6.45, 7) is 5.08. The van der Waals surface area contributed by atoms with Gasteiger partial charge in [-0.2, -0.15) is 0 Å². The summed E-state index contributed by atoms with van der Waals surface area (Å²) in [5, 5.41) is 4.43. The lowest BCUT2D eigenvalue weighted by Crippen LogP contribution is -2.10. The van der Waals surface area contributed by atoms with Crippen molar-refractivity contribution in [1.29, 1.82) is 0 Å². The number of benzene rings is 1. The fourth-order valence-corrected chi connectivity index (χ4v) is 1.97. The Kier molecular flexibility index (Phi) is 3.69. The Morgan fingerprint density at radius 3 is 2.88 bits per heavy atom. The molecule has 2 aromatic rings. The Labute approximate surface area is 102 Å². The zero-order valence-corrected chi connectivity index (χ0v) is 10.7. The predicted molar refractivity (Wildman–Crippen MR) is 71.7 cm³/mol. The van der Waals surface area contributed by atoms with Gasteiger partial charge in [0.1, 0.15) is 5.75 Å². The SMILES string of the molecule is CNCCc1c[nH]c2ccc(OC(C)C)cc12. The highest BCUT2D eigenvalue weighted by Crippen LogP contribution is 2.24. The van der Waals surface area contributed by atoms with Crippen LogP contribution in [-0.2, 0) is 6.42 Å². The highest BCUT2D eigenvalue weighted by molar-refractivity contribution is 5.84. The van der Waals surface area contributed by atoms with Crippen molar-refractivity contribution in [2.45, 2.75) is 26.4 Å². The Morgan fingerprint density at radius 2 is 2.18 bits per heavy atom. The van der Waals surface area contributed by atoms with E-state index in [0.717, 1.165) is 18.7 Å². The van der Waals surface area contributed by atoms with Crippen molar-refractivity contribution in [3.05, 3.63) is 30.0 Å². The maximum absolute atomic E-state index is 5.72. The second-order valence-electron chi connectivity index (χ2n) is 4.54. The predicted octanol–water partition coefficient (Wildman–Crippen LogP) is 2.72. The van der Waals surface area contributed by atoms with Gasteiger partial charge < -0.3 is 15.0 Å². The summed E-state index contributed by atoms with van der Waals surface area (Å²) in [5.41, 5.74) is 2.51. The van der Waals surface area contributed by atoms with Crippen molar-refractivity contribution in [2.75, 3.05) is 13.6 Å². The highest BCUT2D eigenvalue weighted by atomic mass is 16.5. The molecule has 0 aliphatic heterocycles. The number of hydrogen-bond acceptors (Lipinski definition) is 2. The van der Waals surface area contributed by atoms with Crippen LogP contribution in [0.5, 0.6) is 5.75 Å². The first kappa shape index (κ1) is 12.0. The second-order valence-corrected chi connectivity index (χ2v) is 4.54. The molecular formula is C14H20N2O. The molecule has 17 heavy (non-hydrogen) atoms. The number of hydrogen-bond donors (Lipinski definition) is 2. The van der Waals surface area contributed by atoms with Crippen LogP contribution >= 0.6 is 0 Å². The van der Waals surface area contributed by atoms with Gasteiger partial charge in [-0.25, -0.2) is 0 Å². The van der Waals surface area contributed by atoms with E-state index >= 15 is 0 Å². The van der Waals surface area contributed by atoms with Gasteiger partial charge in [0, 0.05) is 17.1 Å². The van der Waals surface area contributed by atoms with E-state index in [0.29, 0.717) is 0 Å². The summed E-state index contributed by atoms with van der Waals surface area (Å²) in [5.74, 6) is 0.942. The first-order valence-electron chi connectivity index (χ1n) is 6.12. The number of H-pyrrole nitrogens is 1. The summed E-state index contributed by atoms with van der Waals surface area (Å²) >= 11 is 0. The molecule has 0 bridgehead atoms. The molecule has 2 rings (SSSR count). The normalized spacial score (nSPS) is 11.3. The van der Waals surface area contributed by atoms with Crippen LogP contribution in [-0.4, -0.2) is 24.7 Å². The third-order valence-electron chi connectivity index (χ3n) is 2.76. The Hall–Kier alpha value is -1.48. The molecule has 0 saturated carbocycles. The third-order valence-corrected chi connectivity index (χ3v) is 2.76. The monoisotopic (exact) mass is 232 g/mol. The van der Waals surface area contributed by atoms with E-state index in [1.807, 2.05) is 27.0 Å². The fourth-order valence-electron chi connectivity index (χ4n) is 1.97. The van der Waals surface area contributed by atoms with Gasteiger partial charge in [-0.05, 0) is 57.6 Å². The first-order valence-corrected chi connectivity index (χ1v) is 6.12. The van der Waals surface area contributed by atoms with Crippen molar-refractivity contribution < 1.29 is 4.74 Å². The molecule has 0 radical (unpaired) electrons. The van der Waals surface area contributed by atoms with Crippen molar-refractivity contribution in [3.63, 3.8) is 0 Å². The standard InChI is InChI=1S/C14H20N2O/c1-10(2)17-12-4-5-14-13(8-12)11(9-16-14)6-7-15-3/h4-5,8-10,15-16H,6-7H2,1-3H3. The molecule has 0 aliphatic rings. The fraction of sp³-hybridized carbons (Fsp3) is 0.429. The minimum absolute atomic E-state index is 0.215. The number of nitrogens with one attached hydrogen (secondary N) is 2. The number of likely N-dealkylation sites (N-methyl/N-ethyl adjacent to an activating group) is 1. The van der Waals surface area contributed by atoms with Crippen LogP contribution in [0.2, 0.25) is 0 Å². The lowest BCUT2D eigenvalue weighted by molar-refractivity contribution is 0.243. The van der Waals surface area contributed by atoms with Crippen LogP contribution in [0.1, 0.15) is 19.4 Å². The van der Waals surface area contributed by atoms with Crippen molar-refractivity contribution in [3.8, 4) is 5.75 Å². The van der Waals surface area contributed by atoms with Crippen LogP contribution in [0.15, 0.2) is 24.4 Å². The Bertz CT molecular complexity index is 488. The van der Waals surface area contributed by atoms with Gasteiger partial charge in [-0.3, -0.25) is 0 Å². The van der Waals surface area contributed by atoms with E-state index in [1.54, 1.807) is 0 Å². The molecule has 0 fully saturated rings. The zero-order valence-electron chi connectivity index (χ0n) is 10.7. The van der Waals surface area contributed by atoms with Crippen LogP contribution in [0.25, 0.3) is 10.9 Å². The summed E-state index contributed by atoms with van der Waals surface area (Å²) in [6, 6.07) is 6.22. The Morgan fingerprint density at radius 1 is 1.35 bits per heavy atom. The molecule has 0 atom stereocenters. The quantitative estimate of drug-likeness (QED) is 0.831. The van der Waals surface area contributed by atoms with Gasteiger partial charge in [-0.1, -0.05) is 0 Å². The van der Waals surface area contributed by atoms with Crippen LogP contribution in [0, 0.1) is 0 Å². The number of fused-ring (bicyclic) bond motifs is 1. The largest absolute Gasteiger partial charge is 0.491 e. The number of ether oxygens (including phenoxy) is 1. The van der Waals surface area contributed by atoms with Crippen LogP contribution in [0.3, 0.4) is 0 Å². The molecule has 0 unspecified atom stereocenters. The summed E-state index contributed by atoms with van der Waals surface area (Å²) in [6.07, 6.45) is 3.33. The molecule has 0 aliphatic carbocycles. The van der Waals surface area contributed by atoms with E-state index in [4.69, 9.17) is 4.74 Å². The molecule has 2 N–H and O–H groups in total. The molecule has 92 valence electrons. The lowest BCUT2D eigenvalue weighted by Gasteiger charge is -2.09. The molecule has 1 aromatic carbocycles. The lowest BCUT2D eigenvalue weighted by atomic mass is 10.1. The molecule has 1 aromatic heterocycles. The van der Waals surface area contributed by atoms with Crippen LogP contribution in [0.4, 0.5) is 0 Å². The van der Waals surface area contributed by atoms with Gasteiger partial charge in [-0.15, -0.1) is 0 Å². The number of aromatic nitrogens is 1. The van der Waals surface area contributed by atoms with Crippen molar-refractivity contribution in [2.24, 2.45) is 0 Å². The minimum atomic E-state index is 0.215. The highest BCUT2D eigenvalue weighted by Gasteiger charge is 2.05. The van der Waals surface area contributed by atoms with E-state index in [2.05, 4.69) is 28.6 Å². The summed E-state index contributed by atoms with van der Waals surface area (Å²) in [7, 11) is 1.97. The molecule has 3 heteroatoms. The molecule has 3 nitrogen and oxygen atoms in total. The van der Waals surface area contributed by atoms with Crippen molar-refractivity contribution in [1.82, 2.24) is 10.3 Å². The Balaban J connectivity index is 2.29. The number of rotatable bonds is 5. The van der Waals surface area contributed by atoms with Crippen molar-refractivity contribution >= 4 is 10.9 Å².